The van der Waals surface area contributed by atoms with Crippen LogP contribution in [0.1, 0.15) is 42.6 Å². The molecule has 9 nitrogen and oxygen atoms in total. The third-order valence-corrected chi connectivity index (χ3v) is 11.0. The molecule has 3 aromatic rings. The lowest BCUT2D eigenvalue weighted by atomic mass is 9.51. The summed E-state index contributed by atoms with van der Waals surface area (Å²) < 4.78 is 6.05. The SMILES string of the molecule is CC(=O)c1ccc(N2C(=O)[C@H]3[C@H](CC=C4[C@H](C5=COc6ccc(O)cc6C5)[C@]5(C)C(=O)N(c6ccccc6)C(=O)[C@@H]5C[C@H]43)C2=O)cc1. The van der Waals surface area contributed by atoms with Crippen LogP contribution in [0.4, 0.5) is 11.4 Å². The quantitative estimate of drug-likeness (QED) is 0.234. The van der Waals surface area contributed by atoms with Crippen molar-refractivity contribution in [3.63, 3.8) is 0 Å². The molecule has 1 saturated carbocycles. The van der Waals surface area contributed by atoms with E-state index in [9.17, 15) is 29.1 Å². The van der Waals surface area contributed by atoms with Crippen LogP contribution < -0.4 is 14.5 Å². The van der Waals surface area contributed by atoms with Gasteiger partial charge in [-0.05, 0) is 92.8 Å². The first-order valence-electron chi connectivity index (χ1n) is 15.9. The molecule has 0 aromatic heterocycles. The van der Waals surface area contributed by atoms with E-state index in [2.05, 4.69) is 0 Å². The van der Waals surface area contributed by atoms with E-state index in [-0.39, 0.29) is 41.6 Å². The number of phenolic OH excluding ortho intramolecular Hbond substituents is 1. The number of amides is 4. The average molecular weight is 629 g/mol. The van der Waals surface area contributed by atoms with Gasteiger partial charge in [0.25, 0.3) is 0 Å². The molecule has 8 rings (SSSR count). The van der Waals surface area contributed by atoms with Crippen LogP contribution in [0.15, 0.2) is 96.3 Å². The molecular weight excluding hydrogens is 596 g/mol. The molecule has 6 atom stereocenters. The molecule has 236 valence electrons. The fourth-order valence-corrected chi connectivity index (χ4v) is 8.77. The molecule has 47 heavy (non-hydrogen) atoms. The van der Waals surface area contributed by atoms with Gasteiger partial charge in [-0.15, -0.1) is 0 Å². The minimum absolute atomic E-state index is 0.0906. The van der Waals surface area contributed by atoms with Gasteiger partial charge in [0.2, 0.25) is 23.6 Å². The van der Waals surface area contributed by atoms with Crippen molar-refractivity contribution < 1.29 is 33.8 Å². The fraction of sp³-hybridized carbons (Fsp3) is 0.289. The average Bonchev–Trinajstić information content (AvgIpc) is 3.44. The van der Waals surface area contributed by atoms with Crippen molar-refractivity contribution in [2.75, 3.05) is 9.80 Å². The number of allylic oxidation sites excluding steroid dienone is 3. The zero-order valence-corrected chi connectivity index (χ0v) is 25.9. The van der Waals surface area contributed by atoms with Gasteiger partial charge in [0.15, 0.2) is 5.78 Å². The van der Waals surface area contributed by atoms with E-state index < -0.39 is 35.0 Å². The van der Waals surface area contributed by atoms with E-state index >= 15 is 0 Å². The largest absolute Gasteiger partial charge is 0.508 e. The highest BCUT2D eigenvalue weighted by Crippen LogP contribution is 2.63. The highest BCUT2D eigenvalue weighted by atomic mass is 16.5. The molecule has 3 heterocycles. The fourth-order valence-electron chi connectivity index (χ4n) is 8.77. The lowest BCUT2D eigenvalue weighted by molar-refractivity contribution is -0.132. The molecule has 2 saturated heterocycles. The number of carbonyl (C=O) groups excluding carboxylic acids is 5. The third-order valence-electron chi connectivity index (χ3n) is 11.0. The van der Waals surface area contributed by atoms with Crippen LogP contribution in [0.3, 0.4) is 0 Å². The van der Waals surface area contributed by atoms with Crippen LogP contribution >= 0.6 is 0 Å². The minimum atomic E-state index is -1.18. The summed E-state index contributed by atoms with van der Waals surface area (Å²) in [5.74, 6) is -3.82. The summed E-state index contributed by atoms with van der Waals surface area (Å²) in [6.45, 7) is 3.30. The second kappa shape index (κ2) is 10.4. The van der Waals surface area contributed by atoms with Crippen molar-refractivity contribution in [3.05, 3.63) is 107 Å². The van der Waals surface area contributed by atoms with Gasteiger partial charge in [-0.3, -0.25) is 28.9 Å². The number of nitrogens with zero attached hydrogens (tertiary/aromatic N) is 2. The van der Waals surface area contributed by atoms with Gasteiger partial charge in [-0.1, -0.05) is 29.8 Å². The highest BCUT2D eigenvalue weighted by Gasteiger charge is 2.68. The molecule has 4 amide bonds. The number of hydrogen-bond acceptors (Lipinski definition) is 7. The van der Waals surface area contributed by atoms with Gasteiger partial charge in [0.05, 0.1) is 40.8 Å². The van der Waals surface area contributed by atoms with Crippen molar-refractivity contribution in [1.29, 1.82) is 0 Å². The number of carbonyl (C=O) groups is 5. The summed E-state index contributed by atoms with van der Waals surface area (Å²) in [5, 5.41) is 10.2. The van der Waals surface area contributed by atoms with Crippen molar-refractivity contribution in [1.82, 2.24) is 0 Å². The Bertz CT molecular complexity index is 1960. The van der Waals surface area contributed by atoms with E-state index in [1.54, 1.807) is 73.0 Å². The first kappa shape index (κ1) is 29.1. The minimum Gasteiger partial charge on any atom is -0.508 e. The molecule has 0 unspecified atom stereocenters. The van der Waals surface area contributed by atoms with Crippen molar-refractivity contribution in [2.45, 2.75) is 33.1 Å². The Hall–Kier alpha value is -5.31. The third kappa shape index (κ3) is 4.11. The highest BCUT2D eigenvalue weighted by molar-refractivity contribution is 6.25. The van der Waals surface area contributed by atoms with Crippen molar-refractivity contribution in [2.24, 2.45) is 35.0 Å². The smallest absolute Gasteiger partial charge is 0.241 e. The van der Waals surface area contributed by atoms with E-state index in [4.69, 9.17) is 4.74 Å². The molecule has 0 spiro atoms. The van der Waals surface area contributed by atoms with Crippen molar-refractivity contribution in [3.8, 4) is 11.5 Å². The number of ether oxygens (including phenoxy) is 1. The number of Topliss-reactive ketones (excluding diaryl/α,β-unsaturated/α-hetero) is 1. The summed E-state index contributed by atoms with van der Waals surface area (Å²) in [4.78, 5) is 71.4. The Morgan fingerprint density at radius 3 is 2.32 bits per heavy atom. The van der Waals surface area contributed by atoms with Crippen LogP contribution in [0.5, 0.6) is 11.5 Å². The standard InChI is InChI=1S/C38H32N2O7/c1-20(41)21-8-10-25(11-9-21)39-34(43)28-14-13-27-29(32(28)36(39)45)18-30-35(44)40(24-6-4-3-5-7-24)37(46)38(30,2)33(27)23-16-22-17-26(42)12-15-31(22)47-19-23/h3-13,15,17,19,28-30,32-33,42H,14,16,18H2,1-2H3/t28-,29+,30-,32-,33-,38+/m0/s1. The van der Waals surface area contributed by atoms with E-state index in [0.717, 1.165) is 16.7 Å². The number of anilines is 2. The number of para-hydroxylation sites is 1. The Morgan fingerprint density at radius 2 is 1.60 bits per heavy atom. The van der Waals surface area contributed by atoms with E-state index in [0.29, 0.717) is 35.5 Å². The van der Waals surface area contributed by atoms with E-state index in [1.807, 2.05) is 19.1 Å². The first-order chi connectivity index (χ1) is 22.6. The summed E-state index contributed by atoms with van der Waals surface area (Å²) in [6, 6.07) is 20.2. The maximum atomic E-state index is 14.6. The van der Waals surface area contributed by atoms with Gasteiger partial charge < -0.3 is 9.84 Å². The number of aromatic hydroxyl groups is 1. The normalized spacial score (nSPS) is 29.4. The number of imide groups is 2. The van der Waals surface area contributed by atoms with Crippen LogP contribution in [0.25, 0.3) is 0 Å². The van der Waals surface area contributed by atoms with Crippen LogP contribution in [-0.4, -0.2) is 34.5 Å². The number of phenols is 1. The van der Waals surface area contributed by atoms with Gasteiger partial charge >= 0.3 is 0 Å². The Morgan fingerprint density at radius 1 is 0.872 bits per heavy atom. The maximum Gasteiger partial charge on any atom is 0.241 e. The number of benzene rings is 3. The summed E-state index contributed by atoms with van der Waals surface area (Å²) in [7, 11) is 0. The Labute approximate surface area is 271 Å². The lowest BCUT2D eigenvalue weighted by Gasteiger charge is -2.49. The zero-order valence-electron chi connectivity index (χ0n) is 25.9. The molecule has 1 N–H and O–H groups in total. The second-order valence-corrected chi connectivity index (χ2v) is 13.4. The Kier molecular flexibility index (Phi) is 6.41. The first-order valence-corrected chi connectivity index (χ1v) is 15.9. The number of fused-ring (bicyclic) bond motifs is 5. The molecule has 0 radical (unpaired) electrons. The predicted octanol–water partition coefficient (Wildman–Crippen LogP) is 5.38. The number of ketones is 1. The lowest BCUT2D eigenvalue weighted by Crippen LogP contribution is -2.51. The molecular formula is C38H32N2O7. The van der Waals surface area contributed by atoms with Crippen LogP contribution in [-0.2, 0) is 25.6 Å². The van der Waals surface area contributed by atoms with Crippen LogP contribution in [0.2, 0.25) is 0 Å². The number of rotatable bonds is 4. The van der Waals surface area contributed by atoms with Gasteiger partial charge in [0, 0.05) is 23.5 Å². The van der Waals surface area contributed by atoms with Gasteiger partial charge in [-0.25, -0.2) is 4.90 Å². The summed E-state index contributed by atoms with van der Waals surface area (Å²) in [6.07, 6.45) is 4.59. The van der Waals surface area contributed by atoms with E-state index in [1.165, 1.54) is 16.7 Å². The van der Waals surface area contributed by atoms with Gasteiger partial charge in [-0.2, -0.15) is 0 Å². The molecule has 3 aliphatic heterocycles. The van der Waals surface area contributed by atoms with Crippen LogP contribution in [0, 0.1) is 35.0 Å². The molecule has 2 aliphatic carbocycles. The molecule has 9 heteroatoms. The molecule has 3 aromatic carbocycles. The second-order valence-electron chi connectivity index (χ2n) is 13.4. The maximum absolute atomic E-state index is 14.6. The predicted molar refractivity (Wildman–Crippen MR) is 171 cm³/mol. The summed E-state index contributed by atoms with van der Waals surface area (Å²) >= 11 is 0. The van der Waals surface area contributed by atoms with Crippen molar-refractivity contribution >= 4 is 40.8 Å². The molecule has 3 fully saturated rings. The Balaban J connectivity index is 1.23. The molecule has 0 bridgehead atoms. The topological polar surface area (TPSA) is 121 Å². The monoisotopic (exact) mass is 628 g/mol. The number of hydrogen-bond donors (Lipinski definition) is 1. The summed E-state index contributed by atoms with van der Waals surface area (Å²) in [5.41, 5.74) is 2.59. The zero-order chi connectivity index (χ0) is 32.8. The van der Waals surface area contributed by atoms with Gasteiger partial charge in [0.1, 0.15) is 11.5 Å². The molecule has 5 aliphatic rings.